The standard InChI is InChI=1S/C5H10N4O3/c1-8-4(12-2)7-9(3(6)10)5(8)11/h4,7H,1-2H3,(H2,6,10). The number of hydrogen-bond donors (Lipinski definition) is 2. The van der Waals surface area contributed by atoms with Crippen molar-refractivity contribution in [3.05, 3.63) is 0 Å². The molecule has 1 atom stereocenters. The Morgan fingerprint density at radius 2 is 2.33 bits per heavy atom. The molecule has 4 amide bonds. The molecule has 1 unspecified atom stereocenters. The topological polar surface area (TPSA) is 87.9 Å². The lowest BCUT2D eigenvalue weighted by molar-refractivity contribution is -0.00342. The quantitative estimate of drug-likeness (QED) is 0.526. The summed E-state index contributed by atoms with van der Waals surface area (Å²) in [5.74, 6) is 0. The summed E-state index contributed by atoms with van der Waals surface area (Å²) in [6.07, 6.45) is -0.634. The number of nitrogens with two attached hydrogens (primary N) is 1. The first-order chi connectivity index (χ1) is 5.57. The van der Waals surface area contributed by atoms with Crippen LogP contribution in [0, 0.1) is 0 Å². The molecule has 1 aliphatic rings. The van der Waals surface area contributed by atoms with Gasteiger partial charge in [-0.2, -0.15) is 10.4 Å². The van der Waals surface area contributed by atoms with Gasteiger partial charge in [0.1, 0.15) is 0 Å². The first-order valence-electron chi connectivity index (χ1n) is 3.23. The van der Waals surface area contributed by atoms with Crippen LogP contribution in [0.4, 0.5) is 9.59 Å². The highest BCUT2D eigenvalue weighted by Gasteiger charge is 2.37. The van der Waals surface area contributed by atoms with Gasteiger partial charge in [0.25, 0.3) is 0 Å². The molecule has 7 nitrogen and oxygen atoms in total. The Labute approximate surface area is 69.0 Å². The zero-order valence-electron chi connectivity index (χ0n) is 6.77. The molecule has 7 heteroatoms. The molecule has 0 aliphatic carbocycles. The Hall–Kier alpha value is -1.34. The summed E-state index contributed by atoms with van der Waals surface area (Å²) in [7, 11) is 2.90. The van der Waals surface area contributed by atoms with Crippen molar-refractivity contribution in [1.29, 1.82) is 0 Å². The molecule has 0 aromatic carbocycles. The number of rotatable bonds is 1. The molecule has 0 spiro atoms. The summed E-state index contributed by atoms with van der Waals surface area (Å²) in [6, 6.07) is -1.39. The number of nitrogens with one attached hydrogen (secondary N) is 1. The van der Waals surface area contributed by atoms with E-state index in [1.165, 1.54) is 19.1 Å². The van der Waals surface area contributed by atoms with Crippen LogP contribution in [-0.4, -0.2) is 42.5 Å². The number of urea groups is 2. The Kier molecular flexibility index (Phi) is 2.15. The number of hydrazine groups is 1. The fourth-order valence-corrected chi connectivity index (χ4v) is 0.879. The van der Waals surface area contributed by atoms with Crippen LogP contribution >= 0.6 is 0 Å². The van der Waals surface area contributed by atoms with Crippen molar-refractivity contribution in [3.63, 3.8) is 0 Å². The van der Waals surface area contributed by atoms with Gasteiger partial charge in [-0.05, 0) is 0 Å². The summed E-state index contributed by atoms with van der Waals surface area (Å²) in [6.45, 7) is 0. The summed E-state index contributed by atoms with van der Waals surface area (Å²) in [5.41, 5.74) is 7.34. The lowest BCUT2D eigenvalue weighted by Gasteiger charge is -2.13. The SMILES string of the molecule is COC1NN(C(N)=O)C(=O)N1C. The highest BCUT2D eigenvalue weighted by molar-refractivity contribution is 5.93. The van der Waals surface area contributed by atoms with Crippen LogP contribution in [0.15, 0.2) is 0 Å². The molecule has 0 radical (unpaired) electrons. The smallest absolute Gasteiger partial charge is 0.346 e. The number of amides is 4. The van der Waals surface area contributed by atoms with Crippen LogP contribution in [0.1, 0.15) is 0 Å². The second-order valence-corrected chi connectivity index (χ2v) is 2.28. The molecule has 3 N–H and O–H groups in total. The molecular weight excluding hydrogens is 164 g/mol. The van der Waals surface area contributed by atoms with Crippen molar-refractivity contribution < 1.29 is 14.3 Å². The molecule has 0 saturated carbocycles. The summed E-state index contributed by atoms with van der Waals surface area (Å²) in [4.78, 5) is 22.9. The van der Waals surface area contributed by atoms with Crippen molar-refractivity contribution in [2.24, 2.45) is 5.73 Å². The maximum Gasteiger partial charge on any atom is 0.346 e. The van der Waals surface area contributed by atoms with Gasteiger partial charge in [0.2, 0.25) is 6.35 Å². The maximum atomic E-state index is 11.1. The number of nitrogens with zero attached hydrogens (tertiary/aromatic N) is 2. The monoisotopic (exact) mass is 174 g/mol. The van der Waals surface area contributed by atoms with Crippen molar-refractivity contribution in [3.8, 4) is 0 Å². The van der Waals surface area contributed by atoms with Crippen LogP contribution in [0.25, 0.3) is 0 Å². The van der Waals surface area contributed by atoms with Gasteiger partial charge in [0.15, 0.2) is 0 Å². The van der Waals surface area contributed by atoms with E-state index in [9.17, 15) is 9.59 Å². The third kappa shape index (κ3) is 1.19. The molecule has 1 aliphatic heterocycles. The first kappa shape index (κ1) is 8.75. The molecule has 1 heterocycles. The van der Waals surface area contributed by atoms with Crippen LogP contribution < -0.4 is 11.2 Å². The van der Waals surface area contributed by atoms with Gasteiger partial charge in [0, 0.05) is 14.2 Å². The van der Waals surface area contributed by atoms with E-state index in [-0.39, 0.29) is 0 Å². The Morgan fingerprint density at radius 1 is 1.75 bits per heavy atom. The summed E-state index contributed by atoms with van der Waals surface area (Å²) in [5, 5.41) is 0.689. The van der Waals surface area contributed by atoms with E-state index in [0.717, 1.165) is 0 Å². The van der Waals surface area contributed by atoms with Crippen LogP contribution in [0.5, 0.6) is 0 Å². The normalized spacial score (nSPS) is 23.5. The molecule has 1 rings (SSSR count). The lowest BCUT2D eigenvalue weighted by atomic mass is 10.8. The van der Waals surface area contributed by atoms with Gasteiger partial charge in [-0.25, -0.2) is 9.59 Å². The van der Waals surface area contributed by atoms with E-state index in [4.69, 9.17) is 10.5 Å². The average molecular weight is 174 g/mol. The van der Waals surface area contributed by atoms with E-state index in [1.54, 1.807) is 0 Å². The number of carbonyl (C=O) groups excluding carboxylic acids is 2. The average Bonchev–Trinajstić information content (AvgIpc) is 2.30. The van der Waals surface area contributed by atoms with Gasteiger partial charge in [-0.3, -0.25) is 4.90 Å². The number of carbonyl (C=O) groups is 2. The highest BCUT2D eigenvalue weighted by atomic mass is 16.5. The molecule has 0 aromatic heterocycles. The van der Waals surface area contributed by atoms with Gasteiger partial charge >= 0.3 is 12.1 Å². The third-order valence-electron chi connectivity index (χ3n) is 1.53. The van der Waals surface area contributed by atoms with Crippen molar-refractivity contribution >= 4 is 12.1 Å². The molecule has 1 fully saturated rings. The number of primary amides is 1. The maximum absolute atomic E-state index is 11.1. The Bertz CT molecular complexity index is 219. The van der Waals surface area contributed by atoms with Crippen molar-refractivity contribution in [2.75, 3.05) is 14.2 Å². The van der Waals surface area contributed by atoms with E-state index in [2.05, 4.69) is 5.43 Å². The molecule has 68 valence electrons. The minimum Gasteiger partial charge on any atom is -0.350 e. The fraction of sp³-hybridized carbons (Fsp3) is 0.600. The Balaban J connectivity index is 2.73. The molecule has 12 heavy (non-hydrogen) atoms. The van der Waals surface area contributed by atoms with Gasteiger partial charge in [-0.1, -0.05) is 0 Å². The predicted octanol–water partition coefficient (Wildman–Crippen LogP) is -1.13. The van der Waals surface area contributed by atoms with Gasteiger partial charge < -0.3 is 10.5 Å². The second-order valence-electron chi connectivity index (χ2n) is 2.28. The minimum atomic E-state index is -0.855. The zero-order chi connectivity index (χ0) is 9.30. The largest absolute Gasteiger partial charge is 0.350 e. The van der Waals surface area contributed by atoms with Gasteiger partial charge in [0.05, 0.1) is 0 Å². The van der Waals surface area contributed by atoms with Crippen LogP contribution in [-0.2, 0) is 4.74 Å². The molecule has 1 saturated heterocycles. The Morgan fingerprint density at radius 3 is 2.58 bits per heavy atom. The number of ether oxygens (including phenoxy) is 1. The summed E-state index contributed by atoms with van der Waals surface area (Å²) >= 11 is 0. The zero-order valence-corrected chi connectivity index (χ0v) is 6.77. The van der Waals surface area contributed by atoms with E-state index in [1.807, 2.05) is 0 Å². The van der Waals surface area contributed by atoms with Crippen LogP contribution in [0.2, 0.25) is 0 Å². The number of hydrogen-bond acceptors (Lipinski definition) is 4. The lowest BCUT2D eigenvalue weighted by Crippen LogP contribution is -2.45. The second kappa shape index (κ2) is 2.95. The summed E-state index contributed by atoms with van der Waals surface area (Å²) < 4.78 is 4.82. The highest BCUT2D eigenvalue weighted by Crippen LogP contribution is 2.07. The van der Waals surface area contributed by atoms with E-state index >= 15 is 0 Å². The van der Waals surface area contributed by atoms with Crippen molar-refractivity contribution in [1.82, 2.24) is 15.3 Å². The minimum absolute atomic E-state index is 0.533. The third-order valence-corrected chi connectivity index (χ3v) is 1.53. The molecule has 0 aromatic rings. The van der Waals surface area contributed by atoms with Crippen LogP contribution in [0.3, 0.4) is 0 Å². The predicted molar refractivity (Wildman–Crippen MR) is 38.5 cm³/mol. The number of imide groups is 1. The molecular formula is C5H10N4O3. The van der Waals surface area contributed by atoms with Crippen molar-refractivity contribution in [2.45, 2.75) is 6.35 Å². The first-order valence-corrected chi connectivity index (χ1v) is 3.23. The van der Waals surface area contributed by atoms with E-state index < -0.39 is 18.4 Å². The fourth-order valence-electron chi connectivity index (χ4n) is 0.879. The van der Waals surface area contributed by atoms with E-state index in [0.29, 0.717) is 5.01 Å². The number of methoxy groups -OCH3 is 1. The van der Waals surface area contributed by atoms with Gasteiger partial charge in [-0.15, -0.1) is 0 Å². The molecule has 0 bridgehead atoms.